The van der Waals surface area contributed by atoms with Crippen molar-refractivity contribution in [3.8, 4) is 0 Å². The van der Waals surface area contributed by atoms with Crippen molar-refractivity contribution >= 4 is 27.6 Å². The van der Waals surface area contributed by atoms with Gasteiger partial charge in [0.25, 0.3) is 0 Å². The highest BCUT2D eigenvalue weighted by Gasteiger charge is 2.07. The number of benzene rings is 1. The standard InChI is InChI=1S/C17H26BrNO2/c1-3-4-5-6-7-8-9-10-19-16-12-14(17(20)21-2)11-15(18)13-16/h11-13,19H,3-10H2,1-2H3. The van der Waals surface area contributed by atoms with Crippen LogP contribution in [0.4, 0.5) is 5.69 Å². The maximum atomic E-state index is 11.5. The van der Waals surface area contributed by atoms with Crippen molar-refractivity contribution in [3.05, 3.63) is 28.2 Å². The van der Waals surface area contributed by atoms with E-state index >= 15 is 0 Å². The third-order valence-electron chi connectivity index (χ3n) is 3.43. The number of rotatable bonds is 10. The average Bonchev–Trinajstić information content (AvgIpc) is 2.48. The Balaban J connectivity index is 2.29. The minimum Gasteiger partial charge on any atom is -0.465 e. The molecule has 0 aliphatic heterocycles. The van der Waals surface area contributed by atoms with Gasteiger partial charge in [0.15, 0.2) is 0 Å². The number of esters is 1. The van der Waals surface area contributed by atoms with Crippen molar-refractivity contribution in [1.29, 1.82) is 0 Å². The fourth-order valence-corrected chi connectivity index (χ4v) is 2.74. The molecule has 21 heavy (non-hydrogen) atoms. The monoisotopic (exact) mass is 355 g/mol. The van der Waals surface area contributed by atoms with Gasteiger partial charge in [-0.15, -0.1) is 0 Å². The molecule has 0 spiro atoms. The van der Waals surface area contributed by atoms with Crippen LogP contribution in [0.15, 0.2) is 22.7 Å². The smallest absolute Gasteiger partial charge is 0.337 e. The van der Waals surface area contributed by atoms with Crippen molar-refractivity contribution in [2.45, 2.75) is 51.9 Å². The Labute approximate surface area is 136 Å². The average molecular weight is 356 g/mol. The summed E-state index contributed by atoms with van der Waals surface area (Å²) in [5, 5.41) is 3.37. The lowest BCUT2D eigenvalue weighted by Gasteiger charge is -2.09. The molecule has 0 atom stereocenters. The van der Waals surface area contributed by atoms with Gasteiger partial charge in [-0.25, -0.2) is 4.79 Å². The van der Waals surface area contributed by atoms with Crippen LogP contribution >= 0.6 is 15.9 Å². The molecule has 0 saturated heterocycles. The summed E-state index contributed by atoms with van der Waals surface area (Å²) < 4.78 is 5.63. The minimum absolute atomic E-state index is 0.310. The first-order valence-corrected chi connectivity index (χ1v) is 8.59. The SMILES string of the molecule is CCCCCCCCCNc1cc(Br)cc(C(=O)OC)c1. The Morgan fingerprint density at radius 3 is 2.43 bits per heavy atom. The van der Waals surface area contributed by atoms with E-state index in [1.54, 1.807) is 6.07 Å². The molecule has 0 radical (unpaired) electrons. The third kappa shape index (κ3) is 7.51. The van der Waals surface area contributed by atoms with E-state index in [-0.39, 0.29) is 5.97 Å². The van der Waals surface area contributed by atoms with Gasteiger partial charge in [0.2, 0.25) is 0 Å². The first kappa shape index (κ1) is 18.0. The molecule has 118 valence electrons. The number of methoxy groups -OCH3 is 1. The van der Waals surface area contributed by atoms with Crippen LogP contribution in [0, 0.1) is 0 Å². The van der Waals surface area contributed by atoms with E-state index < -0.39 is 0 Å². The Kier molecular flexibility index (Phi) is 9.15. The predicted molar refractivity (Wildman–Crippen MR) is 92.0 cm³/mol. The van der Waals surface area contributed by atoms with Gasteiger partial charge in [-0.05, 0) is 24.6 Å². The second kappa shape index (κ2) is 10.7. The van der Waals surface area contributed by atoms with E-state index in [2.05, 4.69) is 28.2 Å². The summed E-state index contributed by atoms with van der Waals surface area (Å²) in [6.45, 7) is 3.18. The zero-order valence-corrected chi connectivity index (χ0v) is 14.7. The molecule has 0 aliphatic rings. The second-order valence-corrected chi connectivity index (χ2v) is 6.18. The topological polar surface area (TPSA) is 38.3 Å². The molecule has 0 bridgehead atoms. The quantitative estimate of drug-likeness (QED) is 0.451. The molecule has 0 aromatic heterocycles. The molecule has 0 amide bonds. The summed E-state index contributed by atoms with van der Waals surface area (Å²) in [6.07, 6.45) is 9.09. The zero-order chi connectivity index (χ0) is 15.5. The van der Waals surface area contributed by atoms with Crippen LogP contribution in [0.2, 0.25) is 0 Å². The molecule has 1 aromatic rings. The molecule has 3 nitrogen and oxygen atoms in total. The van der Waals surface area contributed by atoms with E-state index in [1.807, 2.05) is 12.1 Å². The largest absolute Gasteiger partial charge is 0.465 e. The van der Waals surface area contributed by atoms with Crippen LogP contribution < -0.4 is 5.32 Å². The van der Waals surface area contributed by atoms with Gasteiger partial charge in [-0.1, -0.05) is 61.4 Å². The maximum absolute atomic E-state index is 11.5. The van der Waals surface area contributed by atoms with Crippen molar-refractivity contribution < 1.29 is 9.53 Å². The number of unbranched alkanes of at least 4 members (excludes halogenated alkanes) is 6. The highest BCUT2D eigenvalue weighted by Crippen LogP contribution is 2.20. The Bertz CT molecular complexity index is 435. The van der Waals surface area contributed by atoms with Crippen molar-refractivity contribution in [3.63, 3.8) is 0 Å². The molecule has 0 unspecified atom stereocenters. The lowest BCUT2D eigenvalue weighted by molar-refractivity contribution is 0.0600. The third-order valence-corrected chi connectivity index (χ3v) is 3.89. The molecule has 1 N–H and O–H groups in total. The van der Waals surface area contributed by atoms with Crippen LogP contribution in [-0.2, 0) is 4.74 Å². The Hall–Kier alpha value is -1.03. The first-order chi connectivity index (χ1) is 10.2. The van der Waals surface area contributed by atoms with Crippen molar-refractivity contribution in [1.82, 2.24) is 0 Å². The number of halogens is 1. The van der Waals surface area contributed by atoms with Gasteiger partial charge in [-0.2, -0.15) is 0 Å². The Morgan fingerprint density at radius 1 is 1.10 bits per heavy atom. The van der Waals surface area contributed by atoms with Gasteiger partial charge in [0.1, 0.15) is 0 Å². The van der Waals surface area contributed by atoms with E-state index in [1.165, 1.54) is 45.6 Å². The minimum atomic E-state index is -0.310. The predicted octanol–water partition coefficient (Wildman–Crippen LogP) is 5.40. The summed E-state index contributed by atoms with van der Waals surface area (Å²) in [6, 6.07) is 5.58. The van der Waals surface area contributed by atoms with Crippen LogP contribution in [0.1, 0.15) is 62.2 Å². The number of carbonyl (C=O) groups is 1. The molecule has 0 fully saturated rings. The highest BCUT2D eigenvalue weighted by atomic mass is 79.9. The van der Waals surface area contributed by atoms with E-state index in [0.29, 0.717) is 5.56 Å². The van der Waals surface area contributed by atoms with Gasteiger partial charge in [-0.3, -0.25) is 0 Å². The lowest BCUT2D eigenvalue weighted by atomic mass is 10.1. The number of carbonyl (C=O) groups excluding carboxylic acids is 1. The molecule has 0 aliphatic carbocycles. The zero-order valence-electron chi connectivity index (χ0n) is 13.1. The lowest BCUT2D eigenvalue weighted by Crippen LogP contribution is -2.05. The summed E-state index contributed by atoms with van der Waals surface area (Å²) in [7, 11) is 1.40. The maximum Gasteiger partial charge on any atom is 0.337 e. The van der Waals surface area contributed by atoms with E-state index in [4.69, 9.17) is 4.74 Å². The number of hydrogen-bond donors (Lipinski definition) is 1. The molecular weight excluding hydrogens is 330 g/mol. The van der Waals surface area contributed by atoms with Gasteiger partial charge >= 0.3 is 5.97 Å². The summed E-state index contributed by atoms with van der Waals surface area (Å²) in [5.41, 5.74) is 1.52. The van der Waals surface area contributed by atoms with Gasteiger partial charge < -0.3 is 10.1 Å². The molecule has 4 heteroatoms. The number of ether oxygens (including phenoxy) is 1. The molecule has 1 rings (SSSR count). The summed E-state index contributed by atoms with van der Waals surface area (Å²) in [4.78, 5) is 11.5. The molecule has 0 heterocycles. The van der Waals surface area contributed by atoms with Gasteiger partial charge in [0.05, 0.1) is 12.7 Å². The molecular formula is C17H26BrNO2. The molecule has 0 saturated carbocycles. The fraction of sp³-hybridized carbons (Fsp3) is 0.588. The van der Waals surface area contributed by atoms with E-state index in [0.717, 1.165) is 23.1 Å². The van der Waals surface area contributed by atoms with Crippen LogP contribution in [0.5, 0.6) is 0 Å². The Morgan fingerprint density at radius 2 is 1.76 bits per heavy atom. The second-order valence-electron chi connectivity index (χ2n) is 5.27. The van der Waals surface area contributed by atoms with E-state index in [9.17, 15) is 4.79 Å². The first-order valence-electron chi connectivity index (χ1n) is 7.80. The summed E-state index contributed by atoms with van der Waals surface area (Å²) >= 11 is 3.42. The van der Waals surface area contributed by atoms with Crippen molar-refractivity contribution in [2.75, 3.05) is 19.0 Å². The van der Waals surface area contributed by atoms with Crippen LogP contribution in [0.25, 0.3) is 0 Å². The van der Waals surface area contributed by atoms with Gasteiger partial charge in [0, 0.05) is 16.7 Å². The fourth-order valence-electron chi connectivity index (χ4n) is 2.24. The van der Waals surface area contributed by atoms with Crippen molar-refractivity contribution in [2.24, 2.45) is 0 Å². The summed E-state index contributed by atoms with van der Waals surface area (Å²) in [5.74, 6) is -0.310. The number of hydrogen-bond acceptors (Lipinski definition) is 3. The number of nitrogens with one attached hydrogen (secondary N) is 1. The van der Waals surface area contributed by atoms with Crippen LogP contribution in [0.3, 0.4) is 0 Å². The molecule has 1 aromatic carbocycles. The normalized spacial score (nSPS) is 10.4. The number of anilines is 1. The highest BCUT2D eigenvalue weighted by molar-refractivity contribution is 9.10. The van der Waals surface area contributed by atoms with Crippen LogP contribution in [-0.4, -0.2) is 19.6 Å².